The van der Waals surface area contributed by atoms with Crippen LogP contribution in [0.1, 0.15) is 37.7 Å². The highest BCUT2D eigenvalue weighted by molar-refractivity contribution is 5.87. The van der Waals surface area contributed by atoms with Gasteiger partial charge in [-0.05, 0) is 31.2 Å². The summed E-state index contributed by atoms with van der Waals surface area (Å²) in [5.41, 5.74) is 0.736. The van der Waals surface area contributed by atoms with Gasteiger partial charge in [-0.15, -0.1) is 0 Å². The average molecular weight is 329 g/mol. The van der Waals surface area contributed by atoms with Crippen molar-refractivity contribution in [2.24, 2.45) is 11.3 Å². The summed E-state index contributed by atoms with van der Waals surface area (Å²) < 4.78 is 5.30. The van der Waals surface area contributed by atoms with Gasteiger partial charge in [-0.25, -0.2) is 0 Å². The van der Waals surface area contributed by atoms with Crippen molar-refractivity contribution in [1.29, 1.82) is 0 Å². The quantitative estimate of drug-likeness (QED) is 0.806. The zero-order valence-corrected chi connectivity index (χ0v) is 14.5. The molecule has 1 saturated carbocycles. The van der Waals surface area contributed by atoms with Gasteiger partial charge in [0.05, 0.1) is 12.0 Å². The summed E-state index contributed by atoms with van der Waals surface area (Å²) in [6.45, 7) is 1.86. The number of nitrogens with zero attached hydrogens (tertiary/aromatic N) is 1. The van der Waals surface area contributed by atoms with E-state index in [1.54, 1.807) is 7.11 Å². The second kappa shape index (κ2) is 7.47. The summed E-state index contributed by atoms with van der Waals surface area (Å²) in [6, 6.07) is 9.87. The van der Waals surface area contributed by atoms with E-state index in [1.165, 1.54) is 0 Å². The molecule has 2 aliphatic rings. The highest BCUT2D eigenvalue weighted by Crippen LogP contribution is 2.43. The first-order chi connectivity index (χ1) is 11.6. The molecule has 130 valence electrons. The number of carbonyl (C=O) groups is 2. The Labute approximate surface area is 144 Å². The fourth-order valence-electron chi connectivity index (χ4n) is 4.00. The van der Waals surface area contributed by atoms with Crippen LogP contribution in [0.4, 0.5) is 0 Å². The van der Waals surface area contributed by atoms with Crippen LogP contribution < -0.4 is 0 Å². The van der Waals surface area contributed by atoms with Gasteiger partial charge in [0, 0.05) is 32.5 Å². The Morgan fingerprint density at radius 3 is 2.58 bits per heavy atom. The Hall–Kier alpha value is -1.68. The Morgan fingerprint density at radius 2 is 1.96 bits per heavy atom. The van der Waals surface area contributed by atoms with Gasteiger partial charge in [-0.1, -0.05) is 36.8 Å². The molecule has 2 fully saturated rings. The van der Waals surface area contributed by atoms with E-state index in [1.807, 2.05) is 35.2 Å². The van der Waals surface area contributed by atoms with E-state index in [-0.39, 0.29) is 23.0 Å². The number of rotatable bonds is 6. The minimum atomic E-state index is -0.320. The zero-order chi connectivity index (χ0) is 17.0. The third-order valence-corrected chi connectivity index (χ3v) is 5.57. The van der Waals surface area contributed by atoms with Crippen molar-refractivity contribution in [2.75, 3.05) is 26.8 Å². The SMILES string of the molecule is COCC1(C(=O)N2CCC[C@H](C(=O)Cc3ccccc3)C2)CCC1. The summed E-state index contributed by atoms with van der Waals surface area (Å²) >= 11 is 0. The van der Waals surface area contributed by atoms with Crippen LogP contribution in [0.5, 0.6) is 0 Å². The predicted octanol–water partition coefficient (Wildman–Crippen LogP) is 2.85. The van der Waals surface area contributed by atoms with Crippen molar-refractivity contribution < 1.29 is 14.3 Å². The molecule has 1 saturated heterocycles. The second-order valence-corrected chi connectivity index (χ2v) is 7.29. The van der Waals surface area contributed by atoms with E-state index in [0.717, 1.165) is 44.2 Å². The molecule has 1 amide bonds. The molecule has 0 unspecified atom stereocenters. The van der Waals surface area contributed by atoms with Gasteiger partial charge >= 0.3 is 0 Å². The number of methoxy groups -OCH3 is 1. The maximum absolute atomic E-state index is 13.0. The molecule has 0 radical (unpaired) electrons. The highest BCUT2D eigenvalue weighted by atomic mass is 16.5. The lowest BCUT2D eigenvalue weighted by Crippen LogP contribution is -2.53. The normalized spacial score (nSPS) is 22.7. The van der Waals surface area contributed by atoms with Crippen LogP contribution >= 0.6 is 0 Å². The lowest BCUT2D eigenvalue weighted by Gasteiger charge is -2.45. The first-order valence-corrected chi connectivity index (χ1v) is 8.99. The summed E-state index contributed by atoms with van der Waals surface area (Å²) in [7, 11) is 1.66. The van der Waals surface area contributed by atoms with Gasteiger partial charge in [0.15, 0.2) is 0 Å². The molecule has 0 spiro atoms. The second-order valence-electron chi connectivity index (χ2n) is 7.29. The van der Waals surface area contributed by atoms with Crippen molar-refractivity contribution in [3.8, 4) is 0 Å². The fraction of sp³-hybridized carbons (Fsp3) is 0.600. The lowest BCUT2D eigenvalue weighted by molar-refractivity contribution is -0.154. The first-order valence-electron chi connectivity index (χ1n) is 8.99. The van der Waals surface area contributed by atoms with E-state index in [9.17, 15) is 9.59 Å². The molecule has 0 N–H and O–H groups in total. The number of ketones is 1. The number of benzene rings is 1. The third kappa shape index (κ3) is 3.54. The summed E-state index contributed by atoms with van der Waals surface area (Å²) in [5, 5.41) is 0. The molecule has 24 heavy (non-hydrogen) atoms. The average Bonchev–Trinajstić information content (AvgIpc) is 2.58. The number of Topliss-reactive ketones (excluding diaryl/α,β-unsaturated/α-hetero) is 1. The highest BCUT2D eigenvalue weighted by Gasteiger charge is 2.47. The first kappa shape index (κ1) is 17.2. The van der Waals surface area contributed by atoms with Gasteiger partial charge in [0.25, 0.3) is 0 Å². The van der Waals surface area contributed by atoms with Crippen molar-refractivity contribution >= 4 is 11.7 Å². The molecular formula is C20H27NO3. The molecule has 1 atom stereocenters. The number of carbonyl (C=O) groups excluding carboxylic acids is 2. The smallest absolute Gasteiger partial charge is 0.231 e. The molecule has 0 bridgehead atoms. The van der Waals surface area contributed by atoms with E-state index < -0.39 is 0 Å². The molecule has 1 aliphatic heterocycles. The van der Waals surface area contributed by atoms with Gasteiger partial charge in [-0.2, -0.15) is 0 Å². The van der Waals surface area contributed by atoms with Crippen LogP contribution in [-0.4, -0.2) is 43.4 Å². The molecular weight excluding hydrogens is 302 g/mol. The van der Waals surface area contributed by atoms with Crippen LogP contribution in [0.3, 0.4) is 0 Å². The molecule has 1 aliphatic carbocycles. The minimum Gasteiger partial charge on any atom is -0.384 e. The molecule has 3 rings (SSSR count). The maximum Gasteiger partial charge on any atom is 0.231 e. The number of hydrogen-bond donors (Lipinski definition) is 0. The lowest BCUT2D eigenvalue weighted by atomic mass is 9.68. The third-order valence-electron chi connectivity index (χ3n) is 5.57. The van der Waals surface area contributed by atoms with Crippen molar-refractivity contribution in [3.05, 3.63) is 35.9 Å². The fourth-order valence-corrected chi connectivity index (χ4v) is 4.00. The van der Waals surface area contributed by atoms with Crippen molar-refractivity contribution in [1.82, 2.24) is 4.90 Å². The van der Waals surface area contributed by atoms with E-state index in [0.29, 0.717) is 19.6 Å². The Morgan fingerprint density at radius 1 is 1.21 bits per heavy atom. The minimum absolute atomic E-state index is 0.0254. The number of ether oxygens (including phenoxy) is 1. The number of amides is 1. The van der Waals surface area contributed by atoms with Gasteiger partial charge in [0.1, 0.15) is 5.78 Å². The Balaban J connectivity index is 1.61. The molecule has 1 heterocycles. The van der Waals surface area contributed by atoms with Crippen molar-refractivity contribution in [2.45, 2.75) is 38.5 Å². The summed E-state index contributed by atoms with van der Waals surface area (Å²) in [4.78, 5) is 27.5. The molecule has 1 aromatic rings. The van der Waals surface area contributed by atoms with Crippen LogP contribution in [0.25, 0.3) is 0 Å². The predicted molar refractivity (Wildman–Crippen MR) is 92.6 cm³/mol. The topological polar surface area (TPSA) is 46.6 Å². The van der Waals surface area contributed by atoms with Crippen LogP contribution in [0.15, 0.2) is 30.3 Å². The van der Waals surface area contributed by atoms with Crippen LogP contribution in [-0.2, 0) is 20.7 Å². The molecule has 1 aromatic carbocycles. The number of hydrogen-bond acceptors (Lipinski definition) is 3. The maximum atomic E-state index is 13.0. The van der Waals surface area contributed by atoms with Gasteiger partial charge < -0.3 is 9.64 Å². The van der Waals surface area contributed by atoms with E-state index >= 15 is 0 Å². The Bertz CT molecular complexity index is 580. The van der Waals surface area contributed by atoms with Crippen LogP contribution in [0, 0.1) is 11.3 Å². The van der Waals surface area contributed by atoms with E-state index in [4.69, 9.17) is 4.74 Å². The zero-order valence-electron chi connectivity index (χ0n) is 14.5. The number of likely N-dealkylation sites (tertiary alicyclic amines) is 1. The molecule has 4 nitrogen and oxygen atoms in total. The standard InChI is InChI=1S/C20H27NO3/c1-24-15-20(10-6-11-20)19(23)21-12-5-9-17(14-21)18(22)13-16-7-3-2-4-8-16/h2-4,7-8,17H,5-6,9-15H2,1H3/t17-/m0/s1. The van der Waals surface area contributed by atoms with Gasteiger partial charge in [0.2, 0.25) is 5.91 Å². The van der Waals surface area contributed by atoms with E-state index in [2.05, 4.69) is 0 Å². The number of piperidine rings is 1. The largest absolute Gasteiger partial charge is 0.384 e. The summed E-state index contributed by atoms with van der Waals surface area (Å²) in [6.07, 6.45) is 5.21. The monoisotopic (exact) mass is 329 g/mol. The van der Waals surface area contributed by atoms with Gasteiger partial charge in [-0.3, -0.25) is 9.59 Å². The van der Waals surface area contributed by atoms with Crippen molar-refractivity contribution in [3.63, 3.8) is 0 Å². The summed E-state index contributed by atoms with van der Waals surface area (Å²) in [5.74, 6) is 0.434. The molecule has 0 aromatic heterocycles. The Kier molecular flexibility index (Phi) is 5.34. The molecule has 4 heteroatoms. The van der Waals surface area contributed by atoms with Crippen LogP contribution in [0.2, 0.25) is 0 Å².